The van der Waals surface area contributed by atoms with Gasteiger partial charge in [0, 0.05) is 16.1 Å². The van der Waals surface area contributed by atoms with Crippen LogP contribution in [-0.2, 0) is 0 Å². The highest BCUT2D eigenvalue weighted by molar-refractivity contribution is 9.10. The topological polar surface area (TPSA) is 26.0 Å². The first-order valence-electron chi connectivity index (χ1n) is 4.94. The van der Waals surface area contributed by atoms with Crippen molar-refractivity contribution in [2.75, 3.05) is 0 Å². The average molecular weight is 268 g/mol. The average Bonchev–Trinajstić information content (AvgIpc) is 2.78. The zero-order valence-electron chi connectivity index (χ0n) is 9.12. The van der Waals surface area contributed by atoms with Crippen molar-refractivity contribution in [2.45, 2.75) is 20.8 Å². The van der Waals surface area contributed by atoms with Crippen LogP contribution in [0.15, 0.2) is 39.5 Å². The van der Waals surface area contributed by atoms with Gasteiger partial charge >= 0.3 is 0 Å². The predicted molar refractivity (Wildman–Crippen MR) is 65.7 cm³/mol. The van der Waals surface area contributed by atoms with E-state index in [2.05, 4.69) is 21.1 Å². The fraction of sp³-hybridized carbons (Fsp3) is 0.250. The SMILES string of the molecule is CC.Cc1ccc(-c2ccno2)cc1Br. The van der Waals surface area contributed by atoms with E-state index in [4.69, 9.17) is 4.52 Å². The van der Waals surface area contributed by atoms with Crippen LogP contribution in [0.25, 0.3) is 11.3 Å². The van der Waals surface area contributed by atoms with Crippen molar-refractivity contribution < 1.29 is 4.52 Å². The molecular formula is C12H14BrNO. The molecule has 0 atom stereocenters. The number of aromatic nitrogens is 1. The van der Waals surface area contributed by atoms with Crippen LogP contribution >= 0.6 is 15.9 Å². The van der Waals surface area contributed by atoms with E-state index >= 15 is 0 Å². The number of hydrogen-bond acceptors (Lipinski definition) is 2. The normalized spacial score (nSPS) is 9.33. The highest BCUT2D eigenvalue weighted by Crippen LogP contribution is 2.24. The maximum Gasteiger partial charge on any atom is 0.166 e. The van der Waals surface area contributed by atoms with Crippen molar-refractivity contribution in [3.05, 3.63) is 40.5 Å². The van der Waals surface area contributed by atoms with Crippen LogP contribution in [0.5, 0.6) is 0 Å². The standard InChI is InChI=1S/C10H8BrNO.C2H6/c1-7-2-3-8(6-9(7)11)10-4-5-12-13-10;1-2/h2-6H,1H3;1-2H3. The van der Waals surface area contributed by atoms with Crippen LogP contribution in [0, 0.1) is 6.92 Å². The summed E-state index contributed by atoms with van der Waals surface area (Å²) >= 11 is 3.47. The summed E-state index contributed by atoms with van der Waals surface area (Å²) in [6.45, 7) is 6.05. The Kier molecular flexibility index (Phi) is 4.56. The van der Waals surface area contributed by atoms with Gasteiger partial charge in [0.1, 0.15) is 0 Å². The molecule has 0 amide bonds. The molecule has 0 unspecified atom stereocenters. The molecule has 0 radical (unpaired) electrons. The third kappa shape index (κ3) is 2.93. The van der Waals surface area contributed by atoms with Gasteiger partial charge in [-0.25, -0.2) is 0 Å². The van der Waals surface area contributed by atoms with Gasteiger partial charge in [-0.1, -0.05) is 47.1 Å². The minimum absolute atomic E-state index is 0.792. The highest BCUT2D eigenvalue weighted by Gasteiger charge is 2.02. The van der Waals surface area contributed by atoms with E-state index in [1.165, 1.54) is 5.56 Å². The Morgan fingerprint density at radius 3 is 2.47 bits per heavy atom. The van der Waals surface area contributed by atoms with E-state index in [0.717, 1.165) is 15.8 Å². The van der Waals surface area contributed by atoms with Gasteiger partial charge in [0.15, 0.2) is 5.76 Å². The lowest BCUT2D eigenvalue weighted by Crippen LogP contribution is -1.78. The first kappa shape index (κ1) is 12.0. The number of benzene rings is 1. The fourth-order valence-electron chi connectivity index (χ4n) is 1.11. The Hall–Kier alpha value is -1.09. The Bertz CT molecular complexity index is 410. The van der Waals surface area contributed by atoms with Gasteiger partial charge in [-0.15, -0.1) is 0 Å². The molecule has 0 aliphatic rings. The Morgan fingerprint density at radius 1 is 1.20 bits per heavy atom. The molecule has 2 aromatic rings. The number of rotatable bonds is 1. The van der Waals surface area contributed by atoms with E-state index in [1.807, 2.05) is 45.0 Å². The zero-order valence-corrected chi connectivity index (χ0v) is 10.7. The summed E-state index contributed by atoms with van der Waals surface area (Å²) in [5.41, 5.74) is 2.25. The second-order valence-corrected chi connectivity index (χ2v) is 3.69. The van der Waals surface area contributed by atoms with Crippen LogP contribution in [0.3, 0.4) is 0 Å². The molecular weight excluding hydrogens is 254 g/mol. The van der Waals surface area contributed by atoms with Crippen LogP contribution in [-0.4, -0.2) is 5.16 Å². The summed E-state index contributed by atoms with van der Waals surface area (Å²) < 4.78 is 6.13. The van der Waals surface area contributed by atoms with Crippen molar-refractivity contribution in [3.63, 3.8) is 0 Å². The molecule has 0 spiro atoms. The molecule has 15 heavy (non-hydrogen) atoms. The van der Waals surface area contributed by atoms with Crippen molar-refractivity contribution in [3.8, 4) is 11.3 Å². The monoisotopic (exact) mass is 267 g/mol. The molecule has 1 heterocycles. The van der Waals surface area contributed by atoms with Gasteiger partial charge in [-0.3, -0.25) is 0 Å². The lowest BCUT2D eigenvalue weighted by atomic mass is 10.1. The fourth-order valence-corrected chi connectivity index (χ4v) is 1.49. The molecule has 2 rings (SSSR count). The zero-order chi connectivity index (χ0) is 11.3. The Balaban J connectivity index is 0.000000531. The minimum Gasteiger partial charge on any atom is -0.356 e. The first-order chi connectivity index (χ1) is 7.27. The van der Waals surface area contributed by atoms with E-state index in [0.29, 0.717) is 0 Å². The second-order valence-electron chi connectivity index (χ2n) is 2.84. The van der Waals surface area contributed by atoms with Crippen molar-refractivity contribution in [1.29, 1.82) is 0 Å². The van der Waals surface area contributed by atoms with Crippen molar-refractivity contribution in [2.24, 2.45) is 0 Å². The van der Waals surface area contributed by atoms with Gasteiger partial charge in [0.2, 0.25) is 0 Å². The molecule has 0 bridgehead atoms. The van der Waals surface area contributed by atoms with E-state index in [-0.39, 0.29) is 0 Å². The quantitative estimate of drug-likeness (QED) is 0.764. The lowest BCUT2D eigenvalue weighted by Gasteiger charge is -1.99. The lowest BCUT2D eigenvalue weighted by molar-refractivity contribution is 0.432. The number of nitrogens with zero attached hydrogens (tertiary/aromatic N) is 1. The summed E-state index contributed by atoms with van der Waals surface area (Å²) in [7, 11) is 0. The molecule has 3 heteroatoms. The molecule has 1 aromatic carbocycles. The van der Waals surface area contributed by atoms with Gasteiger partial charge in [0.25, 0.3) is 0 Å². The summed E-state index contributed by atoms with van der Waals surface area (Å²) in [4.78, 5) is 0. The third-order valence-corrected chi connectivity index (χ3v) is 2.75. The van der Waals surface area contributed by atoms with Crippen LogP contribution in [0.4, 0.5) is 0 Å². The van der Waals surface area contributed by atoms with E-state index < -0.39 is 0 Å². The van der Waals surface area contributed by atoms with Gasteiger partial charge in [0.05, 0.1) is 6.20 Å². The van der Waals surface area contributed by atoms with E-state index in [9.17, 15) is 0 Å². The molecule has 0 saturated carbocycles. The van der Waals surface area contributed by atoms with Crippen LogP contribution in [0.1, 0.15) is 19.4 Å². The van der Waals surface area contributed by atoms with Crippen LogP contribution < -0.4 is 0 Å². The van der Waals surface area contributed by atoms with Crippen LogP contribution in [0.2, 0.25) is 0 Å². The molecule has 0 N–H and O–H groups in total. The summed E-state index contributed by atoms with van der Waals surface area (Å²) in [5, 5.41) is 3.66. The Labute approximate surface area is 98.4 Å². The van der Waals surface area contributed by atoms with Gasteiger partial charge in [-0.2, -0.15) is 0 Å². The highest BCUT2D eigenvalue weighted by atomic mass is 79.9. The second kappa shape index (κ2) is 5.71. The molecule has 0 aliphatic heterocycles. The van der Waals surface area contributed by atoms with Crippen molar-refractivity contribution in [1.82, 2.24) is 5.16 Å². The summed E-state index contributed by atoms with van der Waals surface area (Å²) in [6.07, 6.45) is 1.64. The number of halogens is 1. The largest absolute Gasteiger partial charge is 0.356 e. The number of aryl methyl sites for hydroxylation is 1. The molecule has 0 saturated heterocycles. The van der Waals surface area contributed by atoms with E-state index in [1.54, 1.807) is 6.20 Å². The minimum atomic E-state index is 0.792. The molecule has 2 nitrogen and oxygen atoms in total. The third-order valence-electron chi connectivity index (χ3n) is 1.89. The number of hydrogen-bond donors (Lipinski definition) is 0. The first-order valence-corrected chi connectivity index (χ1v) is 5.74. The molecule has 0 fully saturated rings. The summed E-state index contributed by atoms with van der Waals surface area (Å²) in [5.74, 6) is 0.792. The maximum absolute atomic E-state index is 5.04. The van der Waals surface area contributed by atoms with Gasteiger partial charge < -0.3 is 4.52 Å². The Morgan fingerprint density at radius 2 is 1.93 bits per heavy atom. The maximum atomic E-state index is 5.04. The van der Waals surface area contributed by atoms with Crippen molar-refractivity contribution >= 4 is 15.9 Å². The smallest absolute Gasteiger partial charge is 0.166 e. The molecule has 1 aromatic heterocycles. The van der Waals surface area contributed by atoms with Gasteiger partial charge in [-0.05, 0) is 18.6 Å². The molecule has 80 valence electrons. The molecule has 0 aliphatic carbocycles. The predicted octanol–water partition coefficient (Wildman–Crippen LogP) is 4.44. The summed E-state index contributed by atoms with van der Waals surface area (Å²) in [6, 6.07) is 7.93.